The maximum Gasteiger partial charge on any atom is 0.250 e. The molecule has 0 amide bonds. The van der Waals surface area contributed by atoms with Gasteiger partial charge in [-0.1, -0.05) is 24.3 Å². The SMILES string of the molecule is COCCn1cc(NC(C)c2ccccc2C)ccc1=O. The average molecular weight is 286 g/mol. The van der Waals surface area contributed by atoms with E-state index in [1.807, 2.05) is 24.4 Å². The first-order chi connectivity index (χ1) is 10.1. The molecule has 1 heterocycles. The second-order valence-corrected chi connectivity index (χ2v) is 5.16. The van der Waals surface area contributed by atoms with Crippen LogP contribution in [0.3, 0.4) is 0 Å². The molecule has 0 spiro atoms. The third kappa shape index (κ3) is 3.95. The fourth-order valence-electron chi connectivity index (χ4n) is 2.38. The van der Waals surface area contributed by atoms with Crippen molar-refractivity contribution in [2.45, 2.75) is 26.4 Å². The molecule has 1 aromatic carbocycles. The molecule has 0 saturated carbocycles. The molecule has 2 aromatic rings. The van der Waals surface area contributed by atoms with Crippen molar-refractivity contribution in [2.24, 2.45) is 0 Å². The molecule has 4 heteroatoms. The summed E-state index contributed by atoms with van der Waals surface area (Å²) in [5, 5.41) is 3.44. The second-order valence-electron chi connectivity index (χ2n) is 5.16. The normalized spacial score (nSPS) is 12.1. The number of aromatic nitrogens is 1. The Morgan fingerprint density at radius 1 is 1.24 bits per heavy atom. The van der Waals surface area contributed by atoms with Gasteiger partial charge in [-0.05, 0) is 31.0 Å². The molecule has 0 aliphatic carbocycles. The number of anilines is 1. The number of rotatable bonds is 6. The molecule has 0 bridgehead atoms. The molecule has 112 valence electrons. The van der Waals surface area contributed by atoms with E-state index in [-0.39, 0.29) is 11.6 Å². The van der Waals surface area contributed by atoms with Crippen LogP contribution >= 0.6 is 0 Å². The smallest absolute Gasteiger partial charge is 0.250 e. The Labute approximate surface area is 125 Å². The van der Waals surface area contributed by atoms with E-state index in [0.717, 1.165) is 5.69 Å². The number of hydrogen-bond acceptors (Lipinski definition) is 3. The van der Waals surface area contributed by atoms with E-state index in [9.17, 15) is 4.79 Å². The summed E-state index contributed by atoms with van der Waals surface area (Å²) in [6.45, 7) is 5.31. The molecule has 4 nitrogen and oxygen atoms in total. The quantitative estimate of drug-likeness (QED) is 0.888. The fraction of sp³-hybridized carbons (Fsp3) is 0.353. The van der Waals surface area contributed by atoms with Crippen molar-refractivity contribution in [3.05, 3.63) is 64.1 Å². The zero-order valence-corrected chi connectivity index (χ0v) is 12.8. The maximum absolute atomic E-state index is 11.8. The number of pyridine rings is 1. The van der Waals surface area contributed by atoms with E-state index in [1.165, 1.54) is 11.1 Å². The highest BCUT2D eigenvalue weighted by molar-refractivity contribution is 5.44. The van der Waals surface area contributed by atoms with Gasteiger partial charge in [-0.2, -0.15) is 0 Å². The number of nitrogens with zero attached hydrogens (tertiary/aromatic N) is 1. The number of ether oxygens (including phenoxy) is 1. The first-order valence-corrected chi connectivity index (χ1v) is 7.13. The van der Waals surface area contributed by atoms with Crippen LogP contribution < -0.4 is 10.9 Å². The van der Waals surface area contributed by atoms with E-state index < -0.39 is 0 Å². The van der Waals surface area contributed by atoms with Crippen LogP contribution in [0.2, 0.25) is 0 Å². The molecule has 0 aliphatic heterocycles. The molecule has 0 aliphatic rings. The van der Waals surface area contributed by atoms with Gasteiger partial charge in [0.1, 0.15) is 0 Å². The summed E-state index contributed by atoms with van der Waals surface area (Å²) in [5.41, 5.74) is 3.43. The Hall–Kier alpha value is -2.07. The largest absolute Gasteiger partial charge is 0.383 e. The van der Waals surface area contributed by atoms with Crippen molar-refractivity contribution < 1.29 is 4.74 Å². The molecule has 0 radical (unpaired) electrons. The summed E-state index contributed by atoms with van der Waals surface area (Å²) in [6.07, 6.45) is 1.84. The minimum absolute atomic E-state index is 0.0128. The second kappa shape index (κ2) is 7.09. The van der Waals surface area contributed by atoms with E-state index in [4.69, 9.17) is 4.74 Å². The van der Waals surface area contributed by atoms with Crippen LogP contribution in [0.1, 0.15) is 24.1 Å². The van der Waals surface area contributed by atoms with E-state index >= 15 is 0 Å². The Kier molecular flexibility index (Phi) is 5.17. The van der Waals surface area contributed by atoms with Crippen molar-refractivity contribution in [2.75, 3.05) is 19.0 Å². The zero-order valence-electron chi connectivity index (χ0n) is 12.8. The van der Waals surface area contributed by atoms with Crippen LogP contribution in [0, 0.1) is 6.92 Å². The molecular weight excluding hydrogens is 264 g/mol. The van der Waals surface area contributed by atoms with Crippen LogP contribution in [0.4, 0.5) is 5.69 Å². The van der Waals surface area contributed by atoms with Gasteiger partial charge < -0.3 is 14.6 Å². The van der Waals surface area contributed by atoms with Gasteiger partial charge in [0.25, 0.3) is 5.56 Å². The van der Waals surface area contributed by atoms with E-state index in [1.54, 1.807) is 17.7 Å². The predicted molar refractivity (Wildman–Crippen MR) is 85.8 cm³/mol. The Morgan fingerprint density at radius 3 is 2.71 bits per heavy atom. The lowest BCUT2D eigenvalue weighted by Crippen LogP contribution is -2.21. The van der Waals surface area contributed by atoms with Crippen molar-refractivity contribution >= 4 is 5.69 Å². The summed E-state index contributed by atoms with van der Waals surface area (Å²) < 4.78 is 6.69. The van der Waals surface area contributed by atoms with Gasteiger partial charge in [-0.3, -0.25) is 4.79 Å². The summed E-state index contributed by atoms with van der Waals surface area (Å²) in [5.74, 6) is 0. The predicted octanol–water partition coefficient (Wildman–Crippen LogP) is 2.98. The Morgan fingerprint density at radius 2 is 2.00 bits per heavy atom. The number of hydrogen-bond donors (Lipinski definition) is 1. The number of nitrogens with one attached hydrogen (secondary N) is 1. The van der Waals surface area contributed by atoms with Gasteiger partial charge in [0.15, 0.2) is 0 Å². The summed E-state index contributed by atoms with van der Waals surface area (Å²) in [7, 11) is 1.63. The Bertz CT molecular complexity index is 649. The minimum atomic E-state index is -0.0128. The third-order valence-corrected chi connectivity index (χ3v) is 3.56. The first kappa shape index (κ1) is 15.3. The highest BCUT2D eigenvalue weighted by atomic mass is 16.5. The van der Waals surface area contributed by atoms with Crippen molar-refractivity contribution in [3.8, 4) is 0 Å². The van der Waals surface area contributed by atoms with Crippen LogP contribution in [0.25, 0.3) is 0 Å². The van der Waals surface area contributed by atoms with Crippen LogP contribution in [0.5, 0.6) is 0 Å². The molecule has 1 aromatic heterocycles. The molecule has 2 rings (SSSR count). The number of aryl methyl sites for hydroxylation is 1. The minimum Gasteiger partial charge on any atom is -0.383 e. The monoisotopic (exact) mass is 286 g/mol. The van der Waals surface area contributed by atoms with Gasteiger partial charge in [0.05, 0.1) is 12.3 Å². The topological polar surface area (TPSA) is 43.3 Å². The van der Waals surface area contributed by atoms with E-state index in [2.05, 4.69) is 31.3 Å². The van der Waals surface area contributed by atoms with Crippen molar-refractivity contribution in [3.63, 3.8) is 0 Å². The molecule has 1 N–H and O–H groups in total. The van der Waals surface area contributed by atoms with Crippen molar-refractivity contribution in [1.82, 2.24) is 4.57 Å². The van der Waals surface area contributed by atoms with E-state index in [0.29, 0.717) is 13.2 Å². The highest BCUT2D eigenvalue weighted by Gasteiger charge is 2.08. The molecule has 1 unspecified atom stereocenters. The first-order valence-electron chi connectivity index (χ1n) is 7.13. The lowest BCUT2D eigenvalue weighted by Gasteiger charge is -2.18. The molecule has 0 fully saturated rings. The molecule has 21 heavy (non-hydrogen) atoms. The highest BCUT2D eigenvalue weighted by Crippen LogP contribution is 2.21. The maximum atomic E-state index is 11.8. The van der Waals surface area contributed by atoms with Gasteiger partial charge >= 0.3 is 0 Å². The van der Waals surface area contributed by atoms with Crippen LogP contribution in [-0.4, -0.2) is 18.3 Å². The molecule has 0 saturated heterocycles. The zero-order chi connectivity index (χ0) is 15.2. The van der Waals surface area contributed by atoms with Gasteiger partial charge in [0.2, 0.25) is 0 Å². The van der Waals surface area contributed by atoms with Crippen LogP contribution in [-0.2, 0) is 11.3 Å². The standard InChI is InChI=1S/C17H22N2O2/c1-13-6-4-5-7-16(13)14(2)18-15-8-9-17(20)19(12-15)10-11-21-3/h4-9,12,14,18H,10-11H2,1-3H3. The number of methoxy groups -OCH3 is 1. The van der Waals surface area contributed by atoms with Gasteiger partial charge in [-0.15, -0.1) is 0 Å². The summed E-state index contributed by atoms with van der Waals surface area (Å²) in [4.78, 5) is 11.8. The third-order valence-electron chi connectivity index (χ3n) is 3.56. The average Bonchev–Trinajstić information content (AvgIpc) is 2.48. The summed E-state index contributed by atoms with van der Waals surface area (Å²) in [6, 6.07) is 11.9. The summed E-state index contributed by atoms with van der Waals surface area (Å²) >= 11 is 0. The molecule has 1 atom stereocenters. The molecular formula is C17H22N2O2. The van der Waals surface area contributed by atoms with Gasteiger partial charge in [-0.25, -0.2) is 0 Å². The number of benzene rings is 1. The lowest BCUT2D eigenvalue weighted by molar-refractivity contribution is 0.186. The lowest BCUT2D eigenvalue weighted by atomic mass is 10.0. The fourth-order valence-corrected chi connectivity index (χ4v) is 2.38. The van der Waals surface area contributed by atoms with Crippen LogP contribution in [0.15, 0.2) is 47.4 Å². The van der Waals surface area contributed by atoms with Crippen molar-refractivity contribution in [1.29, 1.82) is 0 Å². The Balaban J connectivity index is 2.16. The van der Waals surface area contributed by atoms with Gasteiger partial charge in [0, 0.05) is 32.0 Å².